The molecular weight excluding hydrogens is 218 g/mol. The standard InChI is InChI=1S/C12H9N3O2/c1-7-4-5-9(17-7)11-14-10-8(12(16)15-11)3-2-6-13-10/h2-6H,1H3,(H,13,14,15,16). The van der Waals surface area contributed by atoms with Crippen molar-refractivity contribution in [1.82, 2.24) is 15.0 Å². The van der Waals surface area contributed by atoms with Gasteiger partial charge in [-0.1, -0.05) is 0 Å². The molecule has 0 unspecified atom stereocenters. The lowest BCUT2D eigenvalue weighted by Crippen LogP contribution is -2.09. The van der Waals surface area contributed by atoms with E-state index in [-0.39, 0.29) is 5.56 Å². The van der Waals surface area contributed by atoms with E-state index in [4.69, 9.17) is 4.42 Å². The van der Waals surface area contributed by atoms with Crippen molar-refractivity contribution in [2.75, 3.05) is 0 Å². The number of hydrogen-bond donors (Lipinski definition) is 1. The van der Waals surface area contributed by atoms with E-state index in [2.05, 4.69) is 15.0 Å². The average Bonchev–Trinajstić information content (AvgIpc) is 2.76. The normalized spacial score (nSPS) is 10.9. The SMILES string of the molecule is Cc1ccc(-c2nc3ncccc3c(=O)[nH]2)o1. The number of H-pyrrole nitrogens is 1. The summed E-state index contributed by atoms with van der Waals surface area (Å²) < 4.78 is 5.41. The highest BCUT2D eigenvalue weighted by Crippen LogP contribution is 2.17. The Morgan fingerprint density at radius 3 is 2.94 bits per heavy atom. The second-order valence-electron chi connectivity index (χ2n) is 3.70. The second-order valence-corrected chi connectivity index (χ2v) is 3.70. The van der Waals surface area contributed by atoms with E-state index >= 15 is 0 Å². The van der Waals surface area contributed by atoms with Crippen molar-refractivity contribution in [3.63, 3.8) is 0 Å². The van der Waals surface area contributed by atoms with Crippen LogP contribution in [-0.4, -0.2) is 15.0 Å². The molecular formula is C12H9N3O2. The summed E-state index contributed by atoms with van der Waals surface area (Å²) in [5.74, 6) is 1.70. The lowest BCUT2D eigenvalue weighted by atomic mass is 10.3. The van der Waals surface area contributed by atoms with E-state index in [0.29, 0.717) is 22.6 Å². The molecule has 5 nitrogen and oxygen atoms in total. The average molecular weight is 227 g/mol. The first-order valence-electron chi connectivity index (χ1n) is 5.16. The molecule has 0 saturated carbocycles. The molecule has 0 spiro atoms. The largest absolute Gasteiger partial charge is 0.458 e. The number of hydrogen-bond acceptors (Lipinski definition) is 4. The lowest BCUT2D eigenvalue weighted by Gasteiger charge is -1.98. The third-order valence-electron chi connectivity index (χ3n) is 2.45. The van der Waals surface area contributed by atoms with Crippen LogP contribution in [0.3, 0.4) is 0 Å². The molecule has 0 aromatic carbocycles. The number of pyridine rings is 1. The Morgan fingerprint density at radius 2 is 2.18 bits per heavy atom. The predicted molar refractivity (Wildman–Crippen MR) is 62.6 cm³/mol. The van der Waals surface area contributed by atoms with Crippen LogP contribution in [-0.2, 0) is 0 Å². The number of nitrogens with one attached hydrogen (secondary N) is 1. The van der Waals surface area contributed by atoms with Gasteiger partial charge in [-0.05, 0) is 31.2 Å². The lowest BCUT2D eigenvalue weighted by molar-refractivity contribution is 0.544. The third-order valence-corrected chi connectivity index (χ3v) is 2.45. The zero-order valence-electron chi connectivity index (χ0n) is 9.10. The van der Waals surface area contributed by atoms with Gasteiger partial charge in [-0.25, -0.2) is 9.97 Å². The van der Waals surface area contributed by atoms with E-state index in [9.17, 15) is 4.79 Å². The topological polar surface area (TPSA) is 71.8 Å². The van der Waals surface area contributed by atoms with Gasteiger partial charge in [0.1, 0.15) is 5.76 Å². The van der Waals surface area contributed by atoms with Crippen LogP contribution in [0, 0.1) is 6.92 Å². The van der Waals surface area contributed by atoms with Gasteiger partial charge in [-0.15, -0.1) is 0 Å². The van der Waals surface area contributed by atoms with Crippen LogP contribution in [0.5, 0.6) is 0 Å². The Labute approximate surface area is 96.1 Å². The summed E-state index contributed by atoms with van der Waals surface area (Å²) >= 11 is 0. The van der Waals surface area contributed by atoms with E-state index in [1.165, 1.54) is 0 Å². The zero-order chi connectivity index (χ0) is 11.8. The highest BCUT2D eigenvalue weighted by Gasteiger charge is 2.08. The second kappa shape index (κ2) is 3.55. The molecule has 17 heavy (non-hydrogen) atoms. The van der Waals surface area contributed by atoms with Gasteiger partial charge in [0.2, 0.25) is 0 Å². The fourth-order valence-corrected chi connectivity index (χ4v) is 1.65. The van der Waals surface area contributed by atoms with Gasteiger partial charge in [-0.2, -0.15) is 0 Å². The van der Waals surface area contributed by atoms with Crippen molar-refractivity contribution in [2.24, 2.45) is 0 Å². The molecule has 3 aromatic heterocycles. The van der Waals surface area contributed by atoms with Gasteiger partial charge in [0.05, 0.1) is 5.39 Å². The minimum absolute atomic E-state index is 0.216. The molecule has 0 saturated heterocycles. The molecule has 0 amide bonds. The van der Waals surface area contributed by atoms with Gasteiger partial charge in [0.25, 0.3) is 5.56 Å². The number of aromatic amines is 1. The van der Waals surface area contributed by atoms with E-state index < -0.39 is 0 Å². The van der Waals surface area contributed by atoms with E-state index in [1.807, 2.05) is 13.0 Å². The number of nitrogens with zero attached hydrogens (tertiary/aromatic N) is 2. The summed E-state index contributed by atoms with van der Waals surface area (Å²) in [7, 11) is 0. The van der Waals surface area contributed by atoms with Gasteiger partial charge >= 0.3 is 0 Å². The molecule has 84 valence electrons. The summed E-state index contributed by atoms with van der Waals surface area (Å²) in [6.07, 6.45) is 1.60. The van der Waals surface area contributed by atoms with Crippen LogP contribution >= 0.6 is 0 Å². The highest BCUT2D eigenvalue weighted by molar-refractivity contribution is 5.74. The molecule has 0 atom stereocenters. The molecule has 3 rings (SSSR count). The zero-order valence-corrected chi connectivity index (χ0v) is 9.10. The number of rotatable bonds is 1. The minimum atomic E-state index is -0.216. The first kappa shape index (κ1) is 9.77. The van der Waals surface area contributed by atoms with Crippen LogP contribution in [0.2, 0.25) is 0 Å². The number of furan rings is 1. The van der Waals surface area contributed by atoms with Crippen LogP contribution in [0.1, 0.15) is 5.76 Å². The number of aryl methyl sites for hydroxylation is 1. The van der Waals surface area contributed by atoms with Crippen LogP contribution in [0.25, 0.3) is 22.6 Å². The molecule has 1 N–H and O–H groups in total. The van der Waals surface area contributed by atoms with E-state index in [1.54, 1.807) is 24.4 Å². The molecule has 0 radical (unpaired) electrons. The molecule has 5 heteroatoms. The fourth-order valence-electron chi connectivity index (χ4n) is 1.65. The number of fused-ring (bicyclic) bond motifs is 1. The van der Waals surface area contributed by atoms with Crippen molar-refractivity contribution < 1.29 is 4.42 Å². The van der Waals surface area contributed by atoms with Crippen LogP contribution in [0.4, 0.5) is 0 Å². The fraction of sp³-hybridized carbons (Fsp3) is 0.0833. The van der Waals surface area contributed by atoms with Gasteiger partial charge in [0.15, 0.2) is 17.2 Å². The highest BCUT2D eigenvalue weighted by atomic mass is 16.3. The maximum atomic E-state index is 11.8. The van der Waals surface area contributed by atoms with Crippen molar-refractivity contribution >= 4 is 11.0 Å². The maximum absolute atomic E-state index is 11.8. The van der Waals surface area contributed by atoms with E-state index in [0.717, 1.165) is 5.76 Å². The molecule has 0 fully saturated rings. The Bertz CT molecular complexity index is 743. The van der Waals surface area contributed by atoms with Gasteiger partial charge in [0, 0.05) is 6.20 Å². The molecule has 0 aliphatic heterocycles. The number of aromatic nitrogens is 3. The summed E-state index contributed by atoms with van der Waals surface area (Å²) in [4.78, 5) is 22.8. The Morgan fingerprint density at radius 1 is 1.29 bits per heavy atom. The van der Waals surface area contributed by atoms with Gasteiger partial charge < -0.3 is 9.40 Å². The first-order valence-corrected chi connectivity index (χ1v) is 5.16. The monoisotopic (exact) mass is 227 g/mol. The van der Waals surface area contributed by atoms with Gasteiger partial charge in [-0.3, -0.25) is 4.79 Å². The third kappa shape index (κ3) is 1.61. The maximum Gasteiger partial charge on any atom is 0.260 e. The summed E-state index contributed by atoms with van der Waals surface area (Å²) in [5.41, 5.74) is 0.201. The Hall–Kier alpha value is -2.43. The Balaban J connectivity index is 2.29. The van der Waals surface area contributed by atoms with Crippen molar-refractivity contribution in [2.45, 2.75) is 6.92 Å². The Kier molecular flexibility index (Phi) is 2.04. The smallest absolute Gasteiger partial charge is 0.260 e. The van der Waals surface area contributed by atoms with Crippen molar-refractivity contribution in [3.05, 3.63) is 46.6 Å². The van der Waals surface area contributed by atoms with Crippen molar-refractivity contribution in [3.8, 4) is 11.6 Å². The molecule has 0 aliphatic rings. The summed E-state index contributed by atoms with van der Waals surface area (Å²) in [6, 6.07) is 6.97. The molecule has 3 aromatic rings. The summed E-state index contributed by atoms with van der Waals surface area (Å²) in [5, 5.41) is 0.472. The first-order chi connectivity index (χ1) is 8.24. The summed E-state index contributed by atoms with van der Waals surface area (Å²) in [6.45, 7) is 1.83. The molecule has 0 bridgehead atoms. The quantitative estimate of drug-likeness (QED) is 0.689. The predicted octanol–water partition coefficient (Wildman–Crippen LogP) is 1.89. The minimum Gasteiger partial charge on any atom is -0.458 e. The molecule has 3 heterocycles. The molecule has 0 aliphatic carbocycles. The van der Waals surface area contributed by atoms with Crippen LogP contribution in [0.15, 0.2) is 39.7 Å². The van der Waals surface area contributed by atoms with Crippen LogP contribution < -0.4 is 5.56 Å². The van der Waals surface area contributed by atoms with Crippen molar-refractivity contribution in [1.29, 1.82) is 0 Å².